The van der Waals surface area contributed by atoms with Crippen LogP contribution >= 0.6 is 11.6 Å². The third-order valence-corrected chi connectivity index (χ3v) is 4.66. The third-order valence-electron chi connectivity index (χ3n) is 4.48. The second-order valence-corrected chi connectivity index (χ2v) is 7.17. The molecule has 7 heteroatoms. The first-order chi connectivity index (χ1) is 14.1. The number of hydrogen-bond acceptors (Lipinski definition) is 6. The molecule has 0 radical (unpaired) electrons. The highest BCUT2D eigenvalue weighted by atomic mass is 35.5. The SMILES string of the molecule is Cc1cccc(C2CC2)c1Oc1nnc(Cl)cc1OC(=O)COc1ccccc1. The molecular weight excluding hydrogens is 392 g/mol. The summed E-state index contributed by atoms with van der Waals surface area (Å²) in [4.78, 5) is 12.3. The first-order valence-electron chi connectivity index (χ1n) is 9.29. The fourth-order valence-electron chi connectivity index (χ4n) is 2.92. The number of para-hydroxylation sites is 2. The number of halogens is 1. The van der Waals surface area contributed by atoms with Gasteiger partial charge in [0.15, 0.2) is 17.5 Å². The van der Waals surface area contributed by atoms with E-state index >= 15 is 0 Å². The standard InChI is InChI=1S/C22H19ClN2O4/c1-14-6-5-9-17(15-10-11-15)21(14)29-22-18(12-19(23)24-25-22)28-20(26)13-27-16-7-3-2-4-8-16/h2-9,12,15H,10-11,13H2,1H3. The van der Waals surface area contributed by atoms with Gasteiger partial charge >= 0.3 is 5.97 Å². The van der Waals surface area contributed by atoms with Crippen LogP contribution in [-0.2, 0) is 4.79 Å². The number of carbonyl (C=O) groups excluding carboxylic acids is 1. The number of carbonyl (C=O) groups is 1. The maximum atomic E-state index is 12.3. The molecule has 0 aliphatic heterocycles. The van der Waals surface area contributed by atoms with Gasteiger partial charge in [-0.3, -0.25) is 0 Å². The van der Waals surface area contributed by atoms with Crippen molar-refractivity contribution in [3.63, 3.8) is 0 Å². The molecule has 0 spiro atoms. The van der Waals surface area contributed by atoms with Gasteiger partial charge in [0.1, 0.15) is 11.5 Å². The van der Waals surface area contributed by atoms with E-state index in [2.05, 4.69) is 10.2 Å². The van der Waals surface area contributed by atoms with Crippen LogP contribution in [0.3, 0.4) is 0 Å². The van der Waals surface area contributed by atoms with Gasteiger partial charge in [-0.25, -0.2) is 4.79 Å². The van der Waals surface area contributed by atoms with Gasteiger partial charge in [0.25, 0.3) is 5.88 Å². The summed E-state index contributed by atoms with van der Waals surface area (Å²) >= 11 is 5.95. The predicted octanol–water partition coefficient (Wildman–Crippen LogP) is 5.09. The van der Waals surface area contributed by atoms with E-state index in [1.54, 1.807) is 12.1 Å². The largest absolute Gasteiger partial charge is 0.482 e. The van der Waals surface area contributed by atoms with Crippen LogP contribution in [0.1, 0.15) is 29.9 Å². The lowest BCUT2D eigenvalue weighted by Crippen LogP contribution is -2.18. The maximum absolute atomic E-state index is 12.3. The van der Waals surface area contributed by atoms with Gasteiger partial charge in [0.05, 0.1) is 0 Å². The van der Waals surface area contributed by atoms with Crippen LogP contribution in [0.15, 0.2) is 54.6 Å². The summed E-state index contributed by atoms with van der Waals surface area (Å²) in [6.07, 6.45) is 2.26. The average molecular weight is 411 g/mol. The molecule has 0 saturated heterocycles. The van der Waals surface area contributed by atoms with Crippen molar-refractivity contribution < 1.29 is 19.0 Å². The Labute approximate surface area is 173 Å². The Morgan fingerprint density at radius 2 is 1.90 bits per heavy atom. The summed E-state index contributed by atoms with van der Waals surface area (Å²) in [6, 6.07) is 16.4. The predicted molar refractivity (Wildman–Crippen MR) is 108 cm³/mol. The van der Waals surface area contributed by atoms with Crippen LogP contribution in [0, 0.1) is 6.92 Å². The Morgan fingerprint density at radius 1 is 1.10 bits per heavy atom. The number of esters is 1. The van der Waals surface area contributed by atoms with E-state index in [0.717, 1.165) is 24.0 Å². The van der Waals surface area contributed by atoms with Crippen molar-refractivity contribution in [2.24, 2.45) is 0 Å². The fourth-order valence-corrected chi connectivity index (χ4v) is 3.06. The molecule has 0 unspecified atom stereocenters. The molecule has 29 heavy (non-hydrogen) atoms. The molecule has 1 aromatic heterocycles. The molecule has 4 rings (SSSR count). The smallest absolute Gasteiger partial charge is 0.349 e. The highest BCUT2D eigenvalue weighted by Crippen LogP contribution is 2.46. The number of hydrogen-bond donors (Lipinski definition) is 0. The normalized spacial score (nSPS) is 13.0. The van der Waals surface area contributed by atoms with Gasteiger partial charge in [0.2, 0.25) is 0 Å². The van der Waals surface area contributed by atoms with Crippen LogP contribution in [0.4, 0.5) is 0 Å². The van der Waals surface area contributed by atoms with Crippen LogP contribution in [0.2, 0.25) is 5.15 Å². The van der Waals surface area contributed by atoms with Gasteiger partial charge in [-0.1, -0.05) is 48.0 Å². The summed E-state index contributed by atoms with van der Waals surface area (Å²) in [7, 11) is 0. The van der Waals surface area contributed by atoms with E-state index in [1.807, 2.05) is 43.3 Å². The van der Waals surface area contributed by atoms with E-state index in [9.17, 15) is 4.79 Å². The number of ether oxygens (including phenoxy) is 3. The topological polar surface area (TPSA) is 70.5 Å². The minimum absolute atomic E-state index is 0.0821. The van der Waals surface area contributed by atoms with Crippen molar-refractivity contribution in [2.45, 2.75) is 25.7 Å². The summed E-state index contributed by atoms with van der Waals surface area (Å²) in [6.45, 7) is 1.70. The summed E-state index contributed by atoms with van der Waals surface area (Å²) in [5.41, 5.74) is 2.09. The second kappa shape index (κ2) is 8.49. The number of benzene rings is 2. The maximum Gasteiger partial charge on any atom is 0.349 e. The lowest BCUT2D eigenvalue weighted by Gasteiger charge is -2.15. The minimum atomic E-state index is -0.602. The summed E-state index contributed by atoms with van der Waals surface area (Å²) in [5, 5.41) is 7.90. The molecule has 1 aliphatic rings. The number of aromatic nitrogens is 2. The highest BCUT2D eigenvalue weighted by Gasteiger charge is 2.28. The van der Waals surface area contributed by atoms with Crippen LogP contribution in [0.25, 0.3) is 0 Å². The third kappa shape index (κ3) is 4.84. The van der Waals surface area contributed by atoms with Crippen LogP contribution in [0.5, 0.6) is 23.1 Å². The van der Waals surface area contributed by atoms with Crippen molar-refractivity contribution >= 4 is 17.6 Å². The van der Waals surface area contributed by atoms with Crippen molar-refractivity contribution in [3.05, 3.63) is 70.9 Å². The lowest BCUT2D eigenvalue weighted by atomic mass is 10.1. The quantitative estimate of drug-likeness (QED) is 0.505. The molecule has 0 bridgehead atoms. The molecule has 2 aromatic carbocycles. The van der Waals surface area contributed by atoms with Gasteiger partial charge in [-0.05, 0) is 48.9 Å². The number of rotatable bonds is 7. The van der Waals surface area contributed by atoms with Crippen molar-refractivity contribution in [1.82, 2.24) is 10.2 Å². The molecule has 0 N–H and O–H groups in total. The Kier molecular flexibility index (Phi) is 5.62. The Morgan fingerprint density at radius 3 is 2.66 bits per heavy atom. The molecule has 0 amide bonds. The Balaban J connectivity index is 1.52. The van der Waals surface area contributed by atoms with Crippen LogP contribution < -0.4 is 14.2 Å². The second-order valence-electron chi connectivity index (χ2n) is 6.78. The first kappa shape index (κ1) is 19.2. The summed E-state index contributed by atoms with van der Waals surface area (Å²) in [5.74, 6) is 1.34. The lowest BCUT2D eigenvalue weighted by molar-refractivity contribution is -0.136. The van der Waals surface area contributed by atoms with Crippen molar-refractivity contribution in [3.8, 4) is 23.1 Å². The molecule has 6 nitrogen and oxygen atoms in total. The van der Waals surface area contributed by atoms with Gasteiger partial charge < -0.3 is 14.2 Å². The number of aryl methyl sites for hydroxylation is 1. The van der Waals surface area contributed by atoms with Crippen LogP contribution in [-0.4, -0.2) is 22.8 Å². The van der Waals surface area contributed by atoms with E-state index < -0.39 is 5.97 Å². The zero-order chi connectivity index (χ0) is 20.2. The van der Waals surface area contributed by atoms with Crippen molar-refractivity contribution in [1.29, 1.82) is 0 Å². The van der Waals surface area contributed by atoms with E-state index in [4.69, 9.17) is 25.8 Å². The highest BCUT2D eigenvalue weighted by molar-refractivity contribution is 6.29. The molecule has 0 atom stereocenters. The Hall–Kier alpha value is -3.12. The summed E-state index contributed by atoms with van der Waals surface area (Å²) < 4.78 is 16.9. The van der Waals surface area contributed by atoms with E-state index in [0.29, 0.717) is 17.4 Å². The molecule has 148 valence electrons. The monoisotopic (exact) mass is 410 g/mol. The molecule has 3 aromatic rings. The van der Waals surface area contributed by atoms with Gasteiger partial charge in [-0.2, -0.15) is 0 Å². The fraction of sp³-hybridized carbons (Fsp3) is 0.227. The zero-order valence-electron chi connectivity index (χ0n) is 15.8. The van der Waals surface area contributed by atoms with E-state index in [-0.39, 0.29) is 23.4 Å². The number of nitrogens with zero attached hydrogens (tertiary/aromatic N) is 2. The molecule has 1 aliphatic carbocycles. The molecule has 1 saturated carbocycles. The minimum Gasteiger partial charge on any atom is -0.482 e. The molecular formula is C22H19ClN2O4. The first-order valence-corrected chi connectivity index (χ1v) is 9.67. The Bertz CT molecular complexity index is 1020. The van der Waals surface area contributed by atoms with E-state index in [1.165, 1.54) is 6.07 Å². The van der Waals surface area contributed by atoms with Gasteiger partial charge in [0, 0.05) is 6.07 Å². The molecule has 1 heterocycles. The average Bonchev–Trinajstić information content (AvgIpc) is 3.56. The molecule has 1 fully saturated rings. The van der Waals surface area contributed by atoms with Gasteiger partial charge in [-0.15, -0.1) is 10.2 Å². The zero-order valence-corrected chi connectivity index (χ0v) is 16.6. The van der Waals surface area contributed by atoms with Crippen molar-refractivity contribution in [2.75, 3.05) is 6.61 Å².